The molecule has 0 aromatic carbocycles. The van der Waals surface area contributed by atoms with Crippen LogP contribution in [0.25, 0.3) is 0 Å². The molecule has 0 aromatic heterocycles. The molecule has 1 heteroatoms. The Labute approximate surface area is 74.4 Å². The molecule has 1 fully saturated rings. The predicted molar refractivity (Wildman–Crippen MR) is 51.8 cm³/mol. The van der Waals surface area contributed by atoms with Gasteiger partial charge in [0, 0.05) is 6.42 Å². The minimum absolute atomic E-state index is 0.820. The van der Waals surface area contributed by atoms with Crippen molar-refractivity contribution in [2.24, 2.45) is 0 Å². The molecule has 0 aliphatic carbocycles. The molecule has 1 aliphatic heterocycles. The number of rotatable bonds is 1. The van der Waals surface area contributed by atoms with E-state index in [9.17, 15) is 0 Å². The van der Waals surface area contributed by atoms with Crippen molar-refractivity contribution in [3.8, 4) is 0 Å². The van der Waals surface area contributed by atoms with E-state index in [4.69, 9.17) is 4.74 Å². The van der Waals surface area contributed by atoms with Gasteiger partial charge in [-0.3, -0.25) is 0 Å². The molecule has 0 bridgehead atoms. The number of allylic oxidation sites excluding steroid dienone is 4. The molecule has 1 nitrogen and oxygen atoms in total. The molecular formula is C11H16O. The van der Waals surface area contributed by atoms with Gasteiger partial charge in [-0.15, -0.1) is 0 Å². The van der Waals surface area contributed by atoms with Crippen molar-refractivity contribution in [1.29, 1.82) is 0 Å². The van der Waals surface area contributed by atoms with Crippen molar-refractivity contribution in [2.75, 3.05) is 6.61 Å². The van der Waals surface area contributed by atoms with Gasteiger partial charge in [0.15, 0.2) is 0 Å². The highest BCUT2D eigenvalue weighted by atomic mass is 16.5. The highest BCUT2D eigenvalue weighted by molar-refractivity contribution is 5.38. The Kier molecular flexibility index (Phi) is 2.74. The lowest BCUT2D eigenvalue weighted by molar-refractivity contribution is 0.263. The van der Waals surface area contributed by atoms with Crippen LogP contribution in [0.2, 0.25) is 0 Å². The lowest BCUT2D eigenvalue weighted by atomic mass is 10.0. The van der Waals surface area contributed by atoms with Crippen LogP contribution in [-0.2, 0) is 4.74 Å². The van der Waals surface area contributed by atoms with Gasteiger partial charge < -0.3 is 4.74 Å². The van der Waals surface area contributed by atoms with Gasteiger partial charge >= 0.3 is 0 Å². The lowest BCUT2D eigenvalue weighted by Gasteiger charge is -2.04. The molecule has 0 aromatic rings. The maximum atomic E-state index is 5.53. The Morgan fingerprint density at radius 1 is 1.42 bits per heavy atom. The first-order valence-corrected chi connectivity index (χ1v) is 4.29. The van der Waals surface area contributed by atoms with Crippen LogP contribution in [0, 0.1) is 0 Å². The molecule has 0 amide bonds. The highest BCUT2D eigenvalue weighted by Gasteiger charge is 2.17. The third-order valence-corrected chi connectivity index (χ3v) is 2.14. The Balaban J connectivity index is 3.08. The molecule has 0 N–H and O–H groups in total. The molecule has 12 heavy (non-hydrogen) atoms. The third-order valence-electron chi connectivity index (χ3n) is 2.14. The summed E-state index contributed by atoms with van der Waals surface area (Å²) in [6.45, 7) is 10.8. The average molecular weight is 164 g/mol. The SMILES string of the molecule is C=C/C(C)=C1/OCCC1=C(C)C. The molecule has 1 heterocycles. The van der Waals surface area contributed by atoms with Crippen LogP contribution in [-0.4, -0.2) is 6.61 Å². The summed E-state index contributed by atoms with van der Waals surface area (Å²) in [5, 5.41) is 0. The molecule has 0 spiro atoms. The van der Waals surface area contributed by atoms with E-state index in [1.807, 2.05) is 13.0 Å². The number of hydrogen-bond donors (Lipinski definition) is 0. The van der Waals surface area contributed by atoms with E-state index in [0.717, 1.165) is 24.4 Å². The fourth-order valence-corrected chi connectivity index (χ4v) is 1.38. The van der Waals surface area contributed by atoms with E-state index in [1.54, 1.807) is 0 Å². The van der Waals surface area contributed by atoms with Gasteiger partial charge in [0.25, 0.3) is 0 Å². The first-order chi connectivity index (χ1) is 5.66. The zero-order valence-corrected chi connectivity index (χ0v) is 8.11. The van der Waals surface area contributed by atoms with Crippen molar-refractivity contribution in [3.63, 3.8) is 0 Å². The Bertz CT molecular complexity index is 252. The standard InChI is InChI=1S/C11H16O/c1-5-9(4)11-10(8(2)3)6-7-12-11/h5H,1,6-7H2,2-4H3/b11-9+. The predicted octanol–water partition coefficient (Wildman–Crippen LogP) is 3.20. The summed E-state index contributed by atoms with van der Waals surface area (Å²) in [6.07, 6.45) is 2.90. The van der Waals surface area contributed by atoms with Crippen LogP contribution >= 0.6 is 0 Å². The maximum absolute atomic E-state index is 5.53. The Hall–Kier alpha value is -0.980. The number of hydrogen-bond acceptors (Lipinski definition) is 1. The Morgan fingerprint density at radius 3 is 2.58 bits per heavy atom. The number of ether oxygens (including phenoxy) is 1. The van der Waals surface area contributed by atoms with Gasteiger partial charge in [0.05, 0.1) is 6.61 Å². The van der Waals surface area contributed by atoms with Crippen molar-refractivity contribution in [2.45, 2.75) is 27.2 Å². The smallest absolute Gasteiger partial charge is 0.125 e. The summed E-state index contributed by atoms with van der Waals surface area (Å²) in [7, 11) is 0. The van der Waals surface area contributed by atoms with Gasteiger partial charge in [-0.05, 0) is 31.9 Å². The topological polar surface area (TPSA) is 9.23 Å². The maximum Gasteiger partial charge on any atom is 0.125 e. The monoisotopic (exact) mass is 164 g/mol. The summed E-state index contributed by atoms with van der Waals surface area (Å²) < 4.78 is 5.53. The zero-order valence-electron chi connectivity index (χ0n) is 8.11. The van der Waals surface area contributed by atoms with Gasteiger partial charge in [0.1, 0.15) is 5.76 Å². The average Bonchev–Trinajstić information content (AvgIpc) is 2.50. The lowest BCUT2D eigenvalue weighted by Crippen LogP contribution is -1.87. The van der Waals surface area contributed by atoms with Crippen molar-refractivity contribution >= 4 is 0 Å². The molecular weight excluding hydrogens is 148 g/mol. The van der Waals surface area contributed by atoms with Crippen LogP contribution in [0.5, 0.6) is 0 Å². The molecule has 1 saturated heterocycles. The minimum Gasteiger partial charge on any atom is -0.493 e. The van der Waals surface area contributed by atoms with Crippen LogP contribution in [0.4, 0.5) is 0 Å². The summed E-state index contributed by atoms with van der Waals surface area (Å²) in [4.78, 5) is 0. The molecule has 0 unspecified atom stereocenters. The van der Waals surface area contributed by atoms with E-state index in [-0.39, 0.29) is 0 Å². The van der Waals surface area contributed by atoms with Gasteiger partial charge in [0.2, 0.25) is 0 Å². The van der Waals surface area contributed by atoms with E-state index in [1.165, 1.54) is 11.1 Å². The first-order valence-electron chi connectivity index (χ1n) is 4.29. The van der Waals surface area contributed by atoms with Crippen molar-refractivity contribution < 1.29 is 4.74 Å². The quantitative estimate of drug-likeness (QED) is 0.578. The van der Waals surface area contributed by atoms with Crippen LogP contribution in [0.3, 0.4) is 0 Å². The summed E-state index contributed by atoms with van der Waals surface area (Å²) >= 11 is 0. The largest absolute Gasteiger partial charge is 0.493 e. The summed E-state index contributed by atoms with van der Waals surface area (Å²) in [5.74, 6) is 1.05. The van der Waals surface area contributed by atoms with Gasteiger partial charge in [-0.25, -0.2) is 0 Å². The van der Waals surface area contributed by atoms with Gasteiger partial charge in [-0.2, -0.15) is 0 Å². The van der Waals surface area contributed by atoms with E-state index in [2.05, 4.69) is 20.4 Å². The Morgan fingerprint density at radius 2 is 2.08 bits per heavy atom. The molecule has 1 aliphatic rings. The van der Waals surface area contributed by atoms with Crippen molar-refractivity contribution in [1.82, 2.24) is 0 Å². The summed E-state index contributed by atoms with van der Waals surface area (Å²) in [5.41, 5.74) is 3.85. The van der Waals surface area contributed by atoms with Crippen LogP contribution < -0.4 is 0 Å². The third kappa shape index (κ3) is 1.60. The normalized spacial score (nSPS) is 20.4. The second-order valence-corrected chi connectivity index (χ2v) is 3.29. The molecule has 0 saturated carbocycles. The summed E-state index contributed by atoms with van der Waals surface area (Å²) in [6, 6.07) is 0. The molecule has 1 rings (SSSR count). The van der Waals surface area contributed by atoms with Crippen LogP contribution in [0.15, 0.2) is 35.1 Å². The van der Waals surface area contributed by atoms with Gasteiger partial charge in [-0.1, -0.05) is 18.2 Å². The van der Waals surface area contributed by atoms with E-state index >= 15 is 0 Å². The van der Waals surface area contributed by atoms with Crippen molar-refractivity contribution in [3.05, 3.63) is 35.1 Å². The van der Waals surface area contributed by atoms with E-state index < -0.39 is 0 Å². The molecule has 66 valence electrons. The second-order valence-electron chi connectivity index (χ2n) is 3.29. The molecule has 0 radical (unpaired) electrons. The molecule has 0 atom stereocenters. The fourth-order valence-electron chi connectivity index (χ4n) is 1.38. The first kappa shape index (κ1) is 9.11. The minimum atomic E-state index is 0.820. The zero-order chi connectivity index (χ0) is 9.14. The van der Waals surface area contributed by atoms with Crippen LogP contribution in [0.1, 0.15) is 27.2 Å². The highest BCUT2D eigenvalue weighted by Crippen LogP contribution is 2.29. The fraction of sp³-hybridized carbons (Fsp3) is 0.455. The van der Waals surface area contributed by atoms with E-state index in [0.29, 0.717) is 0 Å². The second kappa shape index (κ2) is 3.61.